The van der Waals surface area contributed by atoms with Crippen molar-refractivity contribution < 1.29 is 0 Å². The molecule has 2 aliphatic rings. The lowest BCUT2D eigenvalue weighted by Crippen LogP contribution is -2.45. The Hall–Kier alpha value is -0.120. The van der Waals surface area contributed by atoms with Crippen LogP contribution in [-0.4, -0.2) is 61.7 Å². The Bertz CT molecular complexity index is 232. The highest BCUT2D eigenvalue weighted by Gasteiger charge is 2.22. The highest BCUT2D eigenvalue weighted by atomic mass is 15.2. The van der Waals surface area contributed by atoms with Gasteiger partial charge >= 0.3 is 0 Å². The summed E-state index contributed by atoms with van der Waals surface area (Å²) >= 11 is 0. The van der Waals surface area contributed by atoms with Gasteiger partial charge in [-0.1, -0.05) is 0 Å². The van der Waals surface area contributed by atoms with Gasteiger partial charge in [-0.25, -0.2) is 0 Å². The van der Waals surface area contributed by atoms with Crippen LogP contribution in [0.25, 0.3) is 0 Å². The molecule has 0 amide bonds. The van der Waals surface area contributed by atoms with E-state index in [9.17, 15) is 0 Å². The molecule has 0 spiro atoms. The zero-order chi connectivity index (χ0) is 13.0. The van der Waals surface area contributed by atoms with Crippen LogP contribution in [0.15, 0.2) is 0 Å². The van der Waals surface area contributed by atoms with Crippen LogP contribution in [-0.2, 0) is 0 Å². The van der Waals surface area contributed by atoms with Gasteiger partial charge in [0, 0.05) is 25.2 Å². The van der Waals surface area contributed by atoms with Gasteiger partial charge in [-0.2, -0.15) is 0 Å². The number of hydrogen-bond donors (Lipinski definition) is 1. The fourth-order valence-corrected chi connectivity index (χ4v) is 3.49. The fourth-order valence-electron chi connectivity index (χ4n) is 3.49. The molecule has 0 aromatic heterocycles. The Labute approximate surface area is 113 Å². The van der Waals surface area contributed by atoms with Crippen molar-refractivity contribution in [1.82, 2.24) is 15.1 Å². The van der Waals surface area contributed by atoms with Crippen molar-refractivity contribution >= 4 is 0 Å². The van der Waals surface area contributed by atoms with Gasteiger partial charge in [-0.3, -0.25) is 0 Å². The number of hydrogen-bond acceptors (Lipinski definition) is 3. The second-order valence-electron chi connectivity index (χ2n) is 6.62. The first-order chi connectivity index (χ1) is 8.63. The Morgan fingerprint density at radius 3 is 2.28 bits per heavy atom. The summed E-state index contributed by atoms with van der Waals surface area (Å²) in [6.45, 7) is 11.1. The average Bonchev–Trinajstić information content (AvgIpc) is 2.31. The van der Waals surface area contributed by atoms with Crippen molar-refractivity contribution in [2.45, 2.75) is 51.6 Å². The molecule has 0 saturated carbocycles. The van der Waals surface area contributed by atoms with Gasteiger partial charge < -0.3 is 15.1 Å². The van der Waals surface area contributed by atoms with E-state index in [-0.39, 0.29) is 0 Å². The number of nitrogens with zero attached hydrogens (tertiary/aromatic N) is 2. The maximum absolute atomic E-state index is 3.68. The largest absolute Gasteiger partial charge is 0.312 e. The van der Waals surface area contributed by atoms with E-state index in [2.05, 4.69) is 36.0 Å². The molecule has 3 heteroatoms. The molecule has 2 aliphatic heterocycles. The first kappa shape index (κ1) is 14.3. The van der Waals surface area contributed by atoms with E-state index >= 15 is 0 Å². The predicted molar refractivity (Wildman–Crippen MR) is 78.0 cm³/mol. The lowest BCUT2D eigenvalue weighted by molar-refractivity contribution is 0.138. The fraction of sp³-hybridized carbons (Fsp3) is 1.00. The minimum absolute atomic E-state index is 0.678. The summed E-state index contributed by atoms with van der Waals surface area (Å²) in [4.78, 5) is 5.22. The van der Waals surface area contributed by atoms with E-state index in [1.807, 2.05) is 0 Å². The van der Waals surface area contributed by atoms with Crippen LogP contribution < -0.4 is 5.32 Å². The Balaban J connectivity index is 1.79. The number of rotatable bonds is 2. The molecule has 2 heterocycles. The quantitative estimate of drug-likeness (QED) is 0.809. The molecule has 18 heavy (non-hydrogen) atoms. The van der Waals surface area contributed by atoms with E-state index in [0.29, 0.717) is 12.1 Å². The topological polar surface area (TPSA) is 18.5 Å². The van der Waals surface area contributed by atoms with Gasteiger partial charge in [0.1, 0.15) is 0 Å². The van der Waals surface area contributed by atoms with Gasteiger partial charge in [0.25, 0.3) is 0 Å². The summed E-state index contributed by atoms with van der Waals surface area (Å²) in [5.41, 5.74) is 0. The Morgan fingerprint density at radius 1 is 1.00 bits per heavy atom. The molecule has 0 radical (unpaired) electrons. The number of nitrogens with one attached hydrogen (secondary N) is 1. The van der Waals surface area contributed by atoms with Crippen molar-refractivity contribution in [2.24, 2.45) is 5.92 Å². The predicted octanol–water partition coefficient (Wildman–Crippen LogP) is 1.79. The van der Waals surface area contributed by atoms with Crippen LogP contribution in [0.2, 0.25) is 0 Å². The molecule has 0 aliphatic carbocycles. The molecule has 1 N–H and O–H groups in total. The minimum Gasteiger partial charge on any atom is -0.312 e. The number of likely N-dealkylation sites (tertiary alicyclic amines) is 1. The zero-order valence-corrected chi connectivity index (χ0v) is 12.5. The summed E-state index contributed by atoms with van der Waals surface area (Å²) in [5, 5.41) is 3.68. The van der Waals surface area contributed by atoms with Crippen LogP contribution in [0.3, 0.4) is 0 Å². The molecule has 2 rings (SSSR count). The summed E-state index contributed by atoms with van der Waals surface area (Å²) in [6.07, 6.45) is 5.42. The number of piperidine rings is 1. The van der Waals surface area contributed by atoms with Crippen molar-refractivity contribution in [2.75, 3.05) is 39.8 Å². The molecule has 0 aromatic rings. The molecule has 0 aromatic carbocycles. The van der Waals surface area contributed by atoms with Crippen molar-refractivity contribution in [3.05, 3.63) is 0 Å². The standard InChI is InChI=1S/C15H31N3/c1-13-6-9-18(10-7-14(2)16-13)12-15-5-4-8-17(3)11-15/h13-16H,4-12H2,1-3H3. The molecule has 2 saturated heterocycles. The molecule has 2 fully saturated rings. The van der Waals surface area contributed by atoms with Crippen LogP contribution >= 0.6 is 0 Å². The third-order valence-electron chi connectivity index (χ3n) is 4.56. The molecule has 3 unspecified atom stereocenters. The summed E-state index contributed by atoms with van der Waals surface area (Å²) < 4.78 is 0. The highest BCUT2D eigenvalue weighted by Crippen LogP contribution is 2.17. The Morgan fingerprint density at radius 2 is 1.67 bits per heavy atom. The SMILES string of the molecule is CC1CCN(CC2CCCN(C)C2)CCC(C)N1. The van der Waals surface area contributed by atoms with Crippen molar-refractivity contribution in [1.29, 1.82) is 0 Å². The average molecular weight is 253 g/mol. The zero-order valence-electron chi connectivity index (χ0n) is 12.5. The highest BCUT2D eigenvalue weighted by molar-refractivity contribution is 4.79. The maximum atomic E-state index is 3.68. The lowest BCUT2D eigenvalue weighted by Gasteiger charge is -2.36. The van der Waals surface area contributed by atoms with E-state index in [1.54, 1.807) is 0 Å². The van der Waals surface area contributed by atoms with Gasteiger partial charge in [-0.15, -0.1) is 0 Å². The van der Waals surface area contributed by atoms with E-state index in [0.717, 1.165) is 5.92 Å². The summed E-state index contributed by atoms with van der Waals surface area (Å²) in [7, 11) is 2.27. The maximum Gasteiger partial charge on any atom is 0.00533 e. The molecular formula is C15H31N3. The second-order valence-corrected chi connectivity index (χ2v) is 6.62. The molecule has 3 nitrogen and oxygen atoms in total. The summed E-state index contributed by atoms with van der Waals surface area (Å²) in [5.74, 6) is 0.904. The van der Waals surface area contributed by atoms with Gasteiger partial charge in [0.15, 0.2) is 0 Å². The van der Waals surface area contributed by atoms with E-state index in [4.69, 9.17) is 0 Å². The van der Waals surface area contributed by atoms with Crippen molar-refractivity contribution in [3.63, 3.8) is 0 Å². The lowest BCUT2D eigenvalue weighted by atomic mass is 9.97. The van der Waals surface area contributed by atoms with E-state index < -0.39 is 0 Å². The van der Waals surface area contributed by atoms with Crippen LogP contribution in [0, 0.1) is 5.92 Å². The molecular weight excluding hydrogens is 222 g/mol. The summed E-state index contributed by atoms with van der Waals surface area (Å²) in [6, 6.07) is 1.36. The van der Waals surface area contributed by atoms with Gasteiger partial charge in [-0.05, 0) is 72.1 Å². The third-order valence-corrected chi connectivity index (χ3v) is 4.56. The smallest absolute Gasteiger partial charge is 0.00533 e. The van der Waals surface area contributed by atoms with Crippen LogP contribution in [0.4, 0.5) is 0 Å². The third kappa shape index (κ3) is 4.52. The van der Waals surface area contributed by atoms with Gasteiger partial charge in [0.05, 0.1) is 0 Å². The normalized spacial score (nSPS) is 37.2. The molecule has 0 bridgehead atoms. The van der Waals surface area contributed by atoms with Crippen LogP contribution in [0.5, 0.6) is 0 Å². The Kier molecular flexibility index (Phi) is 5.46. The monoisotopic (exact) mass is 253 g/mol. The minimum atomic E-state index is 0.678. The van der Waals surface area contributed by atoms with E-state index in [1.165, 1.54) is 58.4 Å². The first-order valence-electron chi connectivity index (χ1n) is 7.80. The molecule has 3 atom stereocenters. The first-order valence-corrected chi connectivity index (χ1v) is 7.80. The molecule has 106 valence electrons. The van der Waals surface area contributed by atoms with Crippen molar-refractivity contribution in [3.8, 4) is 0 Å². The second kappa shape index (κ2) is 6.88. The van der Waals surface area contributed by atoms with Crippen LogP contribution in [0.1, 0.15) is 39.5 Å². The van der Waals surface area contributed by atoms with Gasteiger partial charge in [0.2, 0.25) is 0 Å².